The fourth-order valence-corrected chi connectivity index (χ4v) is 3.95. The summed E-state index contributed by atoms with van der Waals surface area (Å²) in [7, 11) is 3.61. The summed E-state index contributed by atoms with van der Waals surface area (Å²) in [5.74, 6) is 1.96. The number of aromatic nitrogens is 2. The molecule has 1 aliphatic heterocycles. The highest BCUT2D eigenvalue weighted by atomic mass is 16.5. The Labute approximate surface area is 206 Å². The molecule has 0 atom stereocenters. The maximum Gasteiger partial charge on any atom is 0.229 e. The van der Waals surface area contributed by atoms with Crippen LogP contribution in [0.25, 0.3) is 0 Å². The Balaban J connectivity index is 1.58. The summed E-state index contributed by atoms with van der Waals surface area (Å²) >= 11 is 0. The third-order valence-corrected chi connectivity index (χ3v) is 5.88. The van der Waals surface area contributed by atoms with E-state index in [1.165, 1.54) is 0 Å². The van der Waals surface area contributed by atoms with Crippen LogP contribution in [0.3, 0.4) is 0 Å². The van der Waals surface area contributed by atoms with E-state index in [0.29, 0.717) is 32.4 Å². The average molecular weight is 480 g/mol. The number of hydrogen-bond acceptors (Lipinski definition) is 9. The molecule has 0 aliphatic carbocycles. The third kappa shape index (κ3) is 6.39. The minimum absolute atomic E-state index is 0.00797. The quantitative estimate of drug-likeness (QED) is 0.423. The second kappa shape index (κ2) is 11.8. The molecule has 1 aliphatic rings. The summed E-state index contributed by atoms with van der Waals surface area (Å²) < 4.78 is 16.6. The molecule has 0 radical (unpaired) electrons. The van der Waals surface area contributed by atoms with Gasteiger partial charge in [0.25, 0.3) is 0 Å². The molecule has 35 heavy (non-hydrogen) atoms. The van der Waals surface area contributed by atoms with E-state index in [1.54, 1.807) is 13.3 Å². The van der Waals surface area contributed by atoms with Gasteiger partial charge in [0.15, 0.2) is 0 Å². The molecular formula is C26H33N5O4. The summed E-state index contributed by atoms with van der Waals surface area (Å²) in [5, 5.41) is 12.9. The van der Waals surface area contributed by atoms with Crippen molar-refractivity contribution in [1.29, 1.82) is 0 Å². The molecule has 0 unspecified atom stereocenters. The Morgan fingerprint density at radius 3 is 2.71 bits per heavy atom. The number of aliphatic hydroxyl groups is 1. The number of benzene rings is 2. The lowest BCUT2D eigenvalue weighted by Gasteiger charge is -2.29. The summed E-state index contributed by atoms with van der Waals surface area (Å²) in [6, 6.07) is 13.8. The lowest BCUT2D eigenvalue weighted by Crippen LogP contribution is -2.36. The molecule has 186 valence electrons. The number of aliphatic hydroxyl groups excluding tert-OH is 1. The summed E-state index contributed by atoms with van der Waals surface area (Å²) in [6.07, 6.45) is 1.73. The zero-order valence-electron chi connectivity index (χ0n) is 20.5. The van der Waals surface area contributed by atoms with Gasteiger partial charge < -0.3 is 34.4 Å². The first-order valence-corrected chi connectivity index (χ1v) is 11.7. The molecule has 0 bridgehead atoms. The van der Waals surface area contributed by atoms with Crippen LogP contribution in [0, 0.1) is 6.92 Å². The highest BCUT2D eigenvalue weighted by Gasteiger charge is 2.15. The third-order valence-electron chi connectivity index (χ3n) is 5.88. The van der Waals surface area contributed by atoms with Crippen molar-refractivity contribution in [2.24, 2.45) is 0 Å². The van der Waals surface area contributed by atoms with Gasteiger partial charge in [-0.1, -0.05) is 12.1 Å². The van der Waals surface area contributed by atoms with Crippen molar-refractivity contribution in [2.45, 2.75) is 13.5 Å². The van der Waals surface area contributed by atoms with Gasteiger partial charge in [0, 0.05) is 62.6 Å². The van der Waals surface area contributed by atoms with Gasteiger partial charge in [-0.15, -0.1) is 0 Å². The molecule has 1 aromatic heterocycles. The van der Waals surface area contributed by atoms with E-state index in [1.807, 2.05) is 55.3 Å². The number of methoxy groups -OCH3 is 1. The second-order valence-corrected chi connectivity index (χ2v) is 8.36. The molecule has 0 amide bonds. The highest BCUT2D eigenvalue weighted by Crippen LogP contribution is 2.31. The van der Waals surface area contributed by atoms with Gasteiger partial charge in [0.05, 0.1) is 26.4 Å². The van der Waals surface area contributed by atoms with Crippen molar-refractivity contribution in [3.8, 4) is 5.75 Å². The van der Waals surface area contributed by atoms with Gasteiger partial charge in [-0.2, -0.15) is 4.98 Å². The Hall–Kier alpha value is -3.40. The Bertz CT molecular complexity index is 1120. The predicted octanol–water partition coefficient (Wildman–Crippen LogP) is 3.65. The number of aryl methyl sites for hydroxylation is 1. The number of rotatable bonds is 10. The second-order valence-electron chi connectivity index (χ2n) is 8.36. The molecule has 4 rings (SSSR count). The molecule has 2 N–H and O–H groups in total. The van der Waals surface area contributed by atoms with Crippen molar-refractivity contribution < 1.29 is 19.3 Å². The Morgan fingerprint density at radius 1 is 1.11 bits per heavy atom. The molecular weight excluding hydrogens is 446 g/mol. The first kappa shape index (κ1) is 24.7. The van der Waals surface area contributed by atoms with Gasteiger partial charge in [0.2, 0.25) is 5.95 Å². The maximum absolute atomic E-state index is 9.54. The molecule has 9 heteroatoms. The first-order valence-electron chi connectivity index (χ1n) is 11.7. The first-order chi connectivity index (χ1) is 17.1. The van der Waals surface area contributed by atoms with Gasteiger partial charge in [-0.3, -0.25) is 0 Å². The van der Waals surface area contributed by atoms with Crippen LogP contribution < -0.4 is 19.9 Å². The smallest absolute Gasteiger partial charge is 0.229 e. The van der Waals surface area contributed by atoms with Gasteiger partial charge in [0.1, 0.15) is 18.2 Å². The molecule has 3 aromatic rings. The van der Waals surface area contributed by atoms with E-state index < -0.39 is 0 Å². The SMILES string of the molecule is COCCOc1cc(Nc2nccc(N(C)c3cc(CO)ccc3C)n2)cc(N2CCOCC2)c1. The fourth-order valence-electron chi connectivity index (χ4n) is 3.95. The zero-order chi connectivity index (χ0) is 24.6. The van der Waals surface area contributed by atoms with E-state index in [-0.39, 0.29) is 6.61 Å². The molecule has 1 saturated heterocycles. The molecule has 9 nitrogen and oxygen atoms in total. The van der Waals surface area contributed by atoms with E-state index in [9.17, 15) is 5.11 Å². The standard InChI is InChI=1S/C26H33N5O4/c1-19-4-5-20(18-32)14-24(19)30(2)25-6-7-27-26(29-25)28-21-15-22(31-8-10-34-11-9-31)17-23(16-21)35-13-12-33-3/h4-7,14-17,32H,8-13,18H2,1-3H3,(H,27,28,29). The van der Waals surface area contributed by atoms with E-state index in [2.05, 4.69) is 21.3 Å². The van der Waals surface area contributed by atoms with E-state index in [0.717, 1.165) is 52.8 Å². The lowest BCUT2D eigenvalue weighted by atomic mass is 10.1. The Kier molecular flexibility index (Phi) is 8.36. The number of hydrogen-bond donors (Lipinski definition) is 2. The van der Waals surface area contributed by atoms with Crippen molar-refractivity contribution in [2.75, 3.05) is 68.8 Å². The molecule has 1 fully saturated rings. The van der Waals surface area contributed by atoms with Crippen LogP contribution in [0.1, 0.15) is 11.1 Å². The largest absolute Gasteiger partial charge is 0.491 e. The van der Waals surface area contributed by atoms with Crippen LogP contribution in [-0.2, 0) is 16.1 Å². The van der Waals surface area contributed by atoms with Crippen LogP contribution in [0.2, 0.25) is 0 Å². The number of nitrogens with one attached hydrogen (secondary N) is 1. The summed E-state index contributed by atoms with van der Waals surface area (Å²) in [5.41, 5.74) is 4.80. The van der Waals surface area contributed by atoms with Crippen LogP contribution in [0.5, 0.6) is 5.75 Å². The summed E-state index contributed by atoms with van der Waals surface area (Å²) in [6.45, 7) is 6.05. The molecule has 0 saturated carbocycles. The van der Waals surface area contributed by atoms with E-state index in [4.69, 9.17) is 19.2 Å². The fraction of sp³-hybridized carbons (Fsp3) is 0.385. The van der Waals surface area contributed by atoms with Crippen LogP contribution in [0.15, 0.2) is 48.7 Å². The van der Waals surface area contributed by atoms with E-state index >= 15 is 0 Å². The van der Waals surface area contributed by atoms with Crippen molar-refractivity contribution in [3.05, 3.63) is 59.8 Å². The van der Waals surface area contributed by atoms with Crippen molar-refractivity contribution in [3.63, 3.8) is 0 Å². The Morgan fingerprint density at radius 2 is 1.94 bits per heavy atom. The zero-order valence-corrected chi connectivity index (χ0v) is 20.5. The van der Waals surface area contributed by atoms with Gasteiger partial charge in [-0.05, 0) is 36.2 Å². The molecule has 2 aromatic carbocycles. The van der Waals surface area contributed by atoms with Crippen LogP contribution >= 0.6 is 0 Å². The number of ether oxygens (including phenoxy) is 3. The molecule has 0 spiro atoms. The normalized spacial score (nSPS) is 13.5. The lowest BCUT2D eigenvalue weighted by molar-refractivity contribution is 0.122. The van der Waals surface area contributed by atoms with Crippen LogP contribution in [-0.4, -0.2) is 68.7 Å². The van der Waals surface area contributed by atoms with Crippen molar-refractivity contribution >= 4 is 28.8 Å². The average Bonchev–Trinajstić information content (AvgIpc) is 2.89. The van der Waals surface area contributed by atoms with Gasteiger partial charge in [-0.25, -0.2) is 4.98 Å². The van der Waals surface area contributed by atoms with Crippen LogP contribution in [0.4, 0.5) is 28.8 Å². The minimum Gasteiger partial charge on any atom is -0.491 e. The number of morpholine rings is 1. The minimum atomic E-state index is -0.00797. The molecule has 2 heterocycles. The highest BCUT2D eigenvalue weighted by molar-refractivity contribution is 5.68. The summed E-state index contributed by atoms with van der Waals surface area (Å²) in [4.78, 5) is 13.4. The monoisotopic (exact) mass is 479 g/mol. The van der Waals surface area contributed by atoms with Gasteiger partial charge >= 0.3 is 0 Å². The van der Waals surface area contributed by atoms with Crippen molar-refractivity contribution in [1.82, 2.24) is 9.97 Å². The number of nitrogens with zero attached hydrogens (tertiary/aromatic N) is 4. The predicted molar refractivity (Wildman–Crippen MR) is 137 cm³/mol. The number of anilines is 5. The maximum atomic E-state index is 9.54. The topological polar surface area (TPSA) is 92.2 Å².